The largest absolute Gasteiger partial charge is 0.382 e. The molecule has 1 fully saturated rings. The van der Waals surface area contributed by atoms with Gasteiger partial charge in [-0.15, -0.1) is 11.3 Å². The van der Waals surface area contributed by atoms with Gasteiger partial charge in [-0.25, -0.2) is 4.98 Å². The molecule has 0 aliphatic heterocycles. The van der Waals surface area contributed by atoms with Gasteiger partial charge < -0.3 is 5.32 Å². The van der Waals surface area contributed by atoms with Crippen molar-refractivity contribution < 1.29 is 0 Å². The summed E-state index contributed by atoms with van der Waals surface area (Å²) in [7, 11) is 0. The molecular formula is C16H20N2S. The van der Waals surface area contributed by atoms with E-state index in [-0.39, 0.29) is 0 Å². The molecule has 1 aromatic heterocycles. The zero-order valence-corrected chi connectivity index (χ0v) is 12.4. The Morgan fingerprint density at radius 3 is 2.37 bits per heavy atom. The fourth-order valence-electron chi connectivity index (χ4n) is 2.83. The quantitative estimate of drug-likeness (QED) is 0.869. The maximum atomic E-state index is 4.61. The van der Waals surface area contributed by atoms with Crippen molar-refractivity contribution in [2.45, 2.75) is 45.6 Å². The van der Waals surface area contributed by atoms with Gasteiger partial charge in [0.2, 0.25) is 0 Å². The summed E-state index contributed by atoms with van der Waals surface area (Å²) >= 11 is 1.77. The second kappa shape index (κ2) is 5.33. The number of anilines is 1. The van der Waals surface area contributed by atoms with Crippen molar-refractivity contribution in [3.05, 3.63) is 34.2 Å². The minimum Gasteiger partial charge on any atom is -0.382 e. The average Bonchev–Trinajstić information content (AvgIpc) is 3.00. The van der Waals surface area contributed by atoms with Crippen LogP contribution in [0, 0.1) is 13.8 Å². The molecule has 0 spiro atoms. The van der Waals surface area contributed by atoms with Gasteiger partial charge in [0.15, 0.2) is 0 Å². The van der Waals surface area contributed by atoms with Crippen LogP contribution in [0.15, 0.2) is 24.3 Å². The second-order valence-corrected chi connectivity index (χ2v) is 6.75. The van der Waals surface area contributed by atoms with E-state index in [1.54, 1.807) is 11.3 Å². The van der Waals surface area contributed by atoms with Gasteiger partial charge in [0.05, 0.1) is 10.7 Å². The molecule has 0 bridgehead atoms. The summed E-state index contributed by atoms with van der Waals surface area (Å²) in [4.78, 5) is 5.91. The van der Waals surface area contributed by atoms with Gasteiger partial charge in [0.1, 0.15) is 0 Å². The number of thiazole rings is 1. The predicted octanol–water partition coefficient (Wildman–Crippen LogP) is 4.78. The highest BCUT2D eigenvalue weighted by Crippen LogP contribution is 2.29. The van der Waals surface area contributed by atoms with Gasteiger partial charge in [-0.05, 0) is 38.8 Å². The zero-order valence-electron chi connectivity index (χ0n) is 11.6. The van der Waals surface area contributed by atoms with E-state index in [0.29, 0.717) is 6.04 Å². The normalized spacial score (nSPS) is 15.9. The number of rotatable bonds is 3. The van der Waals surface area contributed by atoms with Crippen LogP contribution in [0.5, 0.6) is 0 Å². The highest BCUT2D eigenvalue weighted by atomic mass is 32.1. The van der Waals surface area contributed by atoms with Gasteiger partial charge in [0, 0.05) is 22.2 Å². The standard InChI is InChI=1S/C16H20N2S/c1-11-16(17-12(2)19-11)13-7-9-15(10-8-13)18-14-5-3-4-6-14/h7-10,14,18H,3-6H2,1-2H3. The number of aromatic nitrogens is 1. The van der Waals surface area contributed by atoms with Crippen molar-refractivity contribution in [1.82, 2.24) is 4.98 Å². The van der Waals surface area contributed by atoms with E-state index in [1.165, 1.54) is 41.8 Å². The number of hydrogen-bond donors (Lipinski definition) is 1. The Morgan fingerprint density at radius 2 is 1.79 bits per heavy atom. The first-order chi connectivity index (χ1) is 9.22. The lowest BCUT2D eigenvalue weighted by atomic mass is 10.1. The van der Waals surface area contributed by atoms with E-state index in [4.69, 9.17) is 0 Å². The summed E-state index contributed by atoms with van der Waals surface area (Å²) in [5.41, 5.74) is 3.59. The number of benzene rings is 1. The van der Waals surface area contributed by atoms with Crippen LogP contribution in [-0.4, -0.2) is 11.0 Å². The van der Waals surface area contributed by atoms with Crippen LogP contribution < -0.4 is 5.32 Å². The van der Waals surface area contributed by atoms with E-state index < -0.39 is 0 Å². The number of aryl methyl sites for hydroxylation is 2. The summed E-state index contributed by atoms with van der Waals surface area (Å²) in [6.45, 7) is 4.21. The Bertz CT molecular complexity index is 551. The molecule has 0 radical (unpaired) electrons. The summed E-state index contributed by atoms with van der Waals surface area (Å²) in [6.07, 6.45) is 5.36. The first kappa shape index (κ1) is 12.7. The number of nitrogens with one attached hydrogen (secondary N) is 1. The first-order valence-corrected chi connectivity index (χ1v) is 7.85. The molecular weight excluding hydrogens is 252 g/mol. The molecule has 3 rings (SSSR count). The third-order valence-corrected chi connectivity index (χ3v) is 4.67. The summed E-state index contributed by atoms with van der Waals surface area (Å²) in [6, 6.07) is 9.40. The topological polar surface area (TPSA) is 24.9 Å². The molecule has 19 heavy (non-hydrogen) atoms. The molecule has 1 aliphatic carbocycles. The monoisotopic (exact) mass is 272 g/mol. The third kappa shape index (κ3) is 2.81. The van der Waals surface area contributed by atoms with Crippen molar-refractivity contribution in [2.75, 3.05) is 5.32 Å². The lowest BCUT2D eigenvalue weighted by Crippen LogP contribution is -2.14. The van der Waals surface area contributed by atoms with Crippen molar-refractivity contribution in [1.29, 1.82) is 0 Å². The first-order valence-electron chi connectivity index (χ1n) is 7.03. The molecule has 1 heterocycles. The SMILES string of the molecule is Cc1nc(-c2ccc(NC3CCCC3)cc2)c(C)s1. The van der Waals surface area contributed by atoms with Crippen LogP contribution in [-0.2, 0) is 0 Å². The van der Waals surface area contributed by atoms with Gasteiger partial charge in [-0.3, -0.25) is 0 Å². The Kier molecular flexibility index (Phi) is 3.56. The molecule has 1 N–H and O–H groups in total. The van der Waals surface area contributed by atoms with Crippen LogP contribution in [0.4, 0.5) is 5.69 Å². The van der Waals surface area contributed by atoms with Gasteiger partial charge in [-0.2, -0.15) is 0 Å². The second-order valence-electron chi connectivity index (χ2n) is 5.34. The van der Waals surface area contributed by atoms with E-state index in [1.807, 2.05) is 0 Å². The molecule has 1 aromatic carbocycles. The molecule has 0 atom stereocenters. The number of hydrogen-bond acceptors (Lipinski definition) is 3. The van der Waals surface area contributed by atoms with E-state index >= 15 is 0 Å². The maximum Gasteiger partial charge on any atom is 0.0904 e. The highest BCUT2D eigenvalue weighted by Gasteiger charge is 2.14. The lowest BCUT2D eigenvalue weighted by molar-refractivity contribution is 0.755. The van der Waals surface area contributed by atoms with E-state index in [9.17, 15) is 0 Å². The van der Waals surface area contributed by atoms with Crippen LogP contribution in [0.3, 0.4) is 0 Å². The minimum absolute atomic E-state index is 0.675. The zero-order chi connectivity index (χ0) is 13.2. The number of nitrogens with zero attached hydrogens (tertiary/aromatic N) is 1. The summed E-state index contributed by atoms with van der Waals surface area (Å²) < 4.78 is 0. The van der Waals surface area contributed by atoms with Crippen LogP contribution in [0.2, 0.25) is 0 Å². The lowest BCUT2D eigenvalue weighted by Gasteiger charge is -2.13. The van der Waals surface area contributed by atoms with Gasteiger partial charge in [0.25, 0.3) is 0 Å². The molecule has 1 aliphatic rings. The molecule has 1 saturated carbocycles. The van der Waals surface area contributed by atoms with Crippen molar-refractivity contribution in [2.24, 2.45) is 0 Å². The molecule has 2 nitrogen and oxygen atoms in total. The van der Waals surface area contributed by atoms with Crippen molar-refractivity contribution in [3.8, 4) is 11.3 Å². The van der Waals surface area contributed by atoms with E-state index in [0.717, 1.165) is 10.7 Å². The Hall–Kier alpha value is -1.35. The maximum absolute atomic E-state index is 4.61. The van der Waals surface area contributed by atoms with Gasteiger partial charge >= 0.3 is 0 Å². The molecule has 2 aromatic rings. The highest BCUT2D eigenvalue weighted by molar-refractivity contribution is 7.11. The van der Waals surface area contributed by atoms with Crippen molar-refractivity contribution in [3.63, 3.8) is 0 Å². The minimum atomic E-state index is 0.675. The smallest absolute Gasteiger partial charge is 0.0904 e. The van der Waals surface area contributed by atoms with Crippen LogP contribution >= 0.6 is 11.3 Å². The van der Waals surface area contributed by atoms with Crippen LogP contribution in [0.1, 0.15) is 35.6 Å². The van der Waals surface area contributed by atoms with Crippen LogP contribution in [0.25, 0.3) is 11.3 Å². The molecule has 0 unspecified atom stereocenters. The summed E-state index contributed by atoms with van der Waals surface area (Å²) in [5.74, 6) is 0. The van der Waals surface area contributed by atoms with E-state index in [2.05, 4.69) is 48.4 Å². The third-order valence-electron chi connectivity index (χ3n) is 3.79. The predicted molar refractivity (Wildman–Crippen MR) is 82.9 cm³/mol. The van der Waals surface area contributed by atoms with Gasteiger partial charge in [-0.1, -0.05) is 25.0 Å². The molecule has 0 saturated heterocycles. The van der Waals surface area contributed by atoms with Crippen molar-refractivity contribution >= 4 is 17.0 Å². The Balaban J connectivity index is 1.76. The molecule has 100 valence electrons. The Labute approximate surface area is 118 Å². The summed E-state index contributed by atoms with van der Waals surface area (Å²) in [5, 5.41) is 4.76. The fourth-order valence-corrected chi connectivity index (χ4v) is 3.67. The molecule has 3 heteroatoms. The Morgan fingerprint density at radius 1 is 1.11 bits per heavy atom. The molecule has 0 amide bonds. The average molecular weight is 272 g/mol. The fraction of sp³-hybridized carbons (Fsp3) is 0.438.